The molecule has 1 aromatic heterocycles. The molecule has 0 atom stereocenters. The van der Waals surface area contributed by atoms with Gasteiger partial charge >= 0.3 is 0 Å². The monoisotopic (exact) mass is 275 g/mol. The number of aromatic nitrogens is 2. The summed E-state index contributed by atoms with van der Waals surface area (Å²) >= 11 is 6.63. The fourth-order valence-electron chi connectivity index (χ4n) is 1.03. The van der Waals surface area contributed by atoms with Crippen molar-refractivity contribution in [3.63, 3.8) is 0 Å². The van der Waals surface area contributed by atoms with Crippen LogP contribution >= 0.6 is 23.3 Å². The van der Waals surface area contributed by atoms with Gasteiger partial charge in [0.15, 0.2) is 0 Å². The summed E-state index contributed by atoms with van der Waals surface area (Å²) in [7, 11) is -3.76. The number of halogens is 1. The number of nitrogens with zero attached hydrogens (tertiary/aromatic N) is 3. The van der Waals surface area contributed by atoms with Gasteiger partial charge in [-0.1, -0.05) is 18.2 Å². The van der Waals surface area contributed by atoms with Crippen LogP contribution in [0, 0.1) is 0 Å². The van der Waals surface area contributed by atoms with E-state index in [-0.39, 0.29) is 10.0 Å². The van der Waals surface area contributed by atoms with Crippen molar-refractivity contribution in [3.8, 4) is 0 Å². The molecule has 1 heterocycles. The molecule has 5 nitrogen and oxygen atoms in total. The van der Waals surface area contributed by atoms with Gasteiger partial charge in [-0.05, 0) is 12.1 Å². The molecule has 2 aromatic rings. The second kappa shape index (κ2) is 4.36. The van der Waals surface area contributed by atoms with Crippen LogP contribution in [0.4, 0.5) is 5.13 Å². The van der Waals surface area contributed by atoms with Crippen LogP contribution in [0.1, 0.15) is 0 Å². The van der Waals surface area contributed by atoms with Gasteiger partial charge in [0.25, 0.3) is 10.0 Å². The van der Waals surface area contributed by atoms with Crippen molar-refractivity contribution in [2.75, 3.05) is 3.82 Å². The minimum atomic E-state index is -3.76. The molecule has 0 aliphatic carbocycles. The van der Waals surface area contributed by atoms with Gasteiger partial charge in [0.2, 0.25) is 5.13 Å². The van der Waals surface area contributed by atoms with Crippen molar-refractivity contribution in [2.45, 2.75) is 4.90 Å². The molecule has 0 aliphatic heterocycles. The molecule has 16 heavy (non-hydrogen) atoms. The van der Waals surface area contributed by atoms with Crippen molar-refractivity contribution in [2.24, 2.45) is 0 Å². The Balaban J connectivity index is 2.41. The number of rotatable bonds is 3. The van der Waals surface area contributed by atoms with Crippen LogP contribution in [0.25, 0.3) is 0 Å². The molecule has 0 aliphatic rings. The standard InChI is InChI=1S/C8H6ClN3O2S2/c9-12(8-10-6-11-15-8)16(13,14)7-4-2-1-3-5-7/h1-6H. The van der Waals surface area contributed by atoms with E-state index in [2.05, 4.69) is 9.36 Å². The van der Waals surface area contributed by atoms with Crippen LogP contribution < -0.4 is 3.82 Å². The summed E-state index contributed by atoms with van der Waals surface area (Å²) < 4.78 is 28.2. The SMILES string of the molecule is O=S(=O)(c1ccccc1)N(Cl)c1ncns1. The first-order valence-corrected chi connectivity index (χ1v) is 6.70. The van der Waals surface area contributed by atoms with E-state index in [1.165, 1.54) is 18.5 Å². The fraction of sp³-hybridized carbons (Fsp3) is 0. The summed E-state index contributed by atoms with van der Waals surface area (Å²) in [6, 6.07) is 7.90. The van der Waals surface area contributed by atoms with Crippen LogP contribution in [0.3, 0.4) is 0 Å². The van der Waals surface area contributed by atoms with Gasteiger partial charge in [0.05, 0.1) is 4.90 Å². The number of anilines is 1. The predicted octanol–water partition coefficient (Wildman–Crippen LogP) is 1.89. The van der Waals surface area contributed by atoms with Crippen LogP contribution in [-0.2, 0) is 10.0 Å². The van der Waals surface area contributed by atoms with E-state index in [1.54, 1.807) is 18.2 Å². The normalized spacial score (nSPS) is 11.3. The van der Waals surface area contributed by atoms with E-state index >= 15 is 0 Å². The van der Waals surface area contributed by atoms with E-state index in [0.717, 1.165) is 11.5 Å². The molecular weight excluding hydrogens is 270 g/mol. The fourth-order valence-corrected chi connectivity index (χ4v) is 3.09. The lowest BCUT2D eigenvalue weighted by Gasteiger charge is -2.11. The number of benzene rings is 1. The van der Waals surface area contributed by atoms with E-state index in [4.69, 9.17) is 11.8 Å². The summed E-state index contributed by atoms with van der Waals surface area (Å²) in [5.41, 5.74) is 0. The number of sulfonamides is 1. The first-order chi connectivity index (χ1) is 7.62. The molecule has 0 N–H and O–H groups in total. The molecule has 0 fully saturated rings. The largest absolute Gasteiger partial charge is 0.280 e. The lowest BCUT2D eigenvalue weighted by atomic mass is 10.4. The Morgan fingerprint density at radius 2 is 1.94 bits per heavy atom. The smallest absolute Gasteiger partial charge is 0.205 e. The van der Waals surface area contributed by atoms with Crippen molar-refractivity contribution in [1.29, 1.82) is 0 Å². The summed E-state index contributed by atoms with van der Waals surface area (Å²) in [5.74, 6) is 0. The Morgan fingerprint density at radius 1 is 1.25 bits per heavy atom. The molecule has 0 spiro atoms. The Labute approximate surface area is 102 Å². The summed E-state index contributed by atoms with van der Waals surface area (Å²) in [4.78, 5) is 3.84. The van der Waals surface area contributed by atoms with Gasteiger partial charge in [-0.3, -0.25) is 0 Å². The van der Waals surface area contributed by atoms with Crippen molar-refractivity contribution in [3.05, 3.63) is 36.7 Å². The number of hydrogen-bond acceptors (Lipinski definition) is 5. The Morgan fingerprint density at radius 3 is 2.50 bits per heavy atom. The summed E-state index contributed by atoms with van der Waals surface area (Å²) in [5, 5.41) is 0.116. The Kier molecular flexibility index (Phi) is 3.08. The Bertz CT molecular complexity index is 556. The highest BCUT2D eigenvalue weighted by atomic mass is 35.5. The molecule has 1 aromatic carbocycles. The molecule has 0 amide bonds. The maximum Gasteiger partial charge on any atom is 0.280 e. The molecule has 0 radical (unpaired) electrons. The van der Waals surface area contributed by atoms with E-state index in [1.807, 2.05) is 0 Å². The van der Waals surface area contributed by atoms with Gasteiger partial charge in [-0.25, -0.2) is 4.98 Å². The maximum atomic E-state index is 12.0. The molecule has 0 bridgehead atoms. The molecule has 0 saturated heterocycles. The minimum absolute atomic E-state index is 0.111. The van der Waals surface area contributed by atoms with E-state index < -0.39 is 10.0 Å². The predicted molar refractivity (Wildman–Crippen MR) is 61.9 cm³/mol. The molecule has 8 heteroatoms. The maximum absolute atomic E-state index is 12.0. The average molecular weight is 276 g/mol. The van der Waals surface area contributed by atoms with Crippen molar-refractivity contribution in [1.82, 2.24) is 9.36 Å². The highest BCUT2D eigenvalue weighted by Crippen LogP contribution is 2.25. The lowest BCUT2D eigenvalue weighted by Crippen LogP contribution is -2.20. The van der Waals surface area contributed by atoms with Crippen molar-refractivity contribution >= 4 is 38.5 Å². The molecule has 84 valence electrons. The van der Waals surface area contributed by atoms with Crippen LogP contribution in [0.15, 0.2) is 41.6 Å². The summed E-state index contributed by atoms with van der Waals surface area (Å²) in [6.07, 6.45) is 1.25. The third-order valence-corrected chi connectivity index (χ3v) is 4.79. The van der Waals surface area contributed by atoms with Crippen LogP contribution in [0.2, 0.25) is 0 Å². The average Bonchev–Trinajstić information content (AvgIpc) is 2.82. The molecule has 0 unspecified atom stereocenters. The third-order valence-electron chi connectivity index (χ3n) is 1.75. The minimum Gasteiger partial charge on any atom is -0.205 e. The lowest BCUT2D eigenvalue weighted by molar-refractivity contribution is 0.598. The van der Waals surface area contributed by atoms with Crippen LogP contribution in [0.5, 0.6) is 0 Å². The third kappa shape index (κ3) is 2.01. The van der Waals surface area contributed by atoms with Crippen molar-refractivity contribution < 1.29 is 8.42 Å². The van der Waals surface area contributed by atoms with Gasteiger partial charge in [0, 0.05) is 23.3 Å². The topological polar surface area (TPSA) is 63.2 Å². The molecule has 2 rings (SSSR count). The zero-order valence-corrected chi connectivity index (χ0v) is 10.2. The van der Waals surface area contributed by atoms with E-state index in [0.29, 0.717) is 3.82 Å². The van der Waals surface area contributed by atoms with Gasteiger partial charge in [-0.2, -0.15) is 12.8 Å². The second-order valence-corrected chi connectivity index (χ2v) is 5.84. The van der Waals surface area contributed by atoms with E-state index in [9.17, 15) is 8.42 Å². The van der Waals surface area contributed by atoms with Crippen LogP contribution in [-0.4, -0.2) is 17.8 Å². The highest BCUT2D eigenvalue weighted by Gasteiger charge is 2.25. The van der Waals surface area contributed by atoms with Gasteiger partial charge in [0.1, 0.15) is 6.33 Å². The Hall–Kier alpha value is -1.18. The summed E-state index contributed by atoms with van der Waals surface area (Å²) in [6.45, 7) is 0. The number of hydrogen-bond donors (Lipinski definition) is 0. The van der Waals surface area contributed by atoms with Gasteiger partial charge < -0.3 is 0 Å². The quantitative estimate of drug-likeness (QED) is 0.803. The first kappa shape index (κ1) is 11.3. The van der Waals surface area contributed by atoms with Gasteiger partial charge in [-0.15, -0.1) is 3.82 Å². The molecule has 0 saturated carbocycles. The zero-order valence-electron chi connectivity index (χ0n) is 7.82. The highest BCUT2D eigenvalue weighted by molar-refractivity contribution is 7.94. The molecular formula is C8H6ClN3O2S2. The first-order valence-electron chi connectivity index (χ1n) is 4.15. The zero-order chi connectivity index (χ0) is 11.6. The second-order valence-electron chi connectivity index (χ2n) is 2.76.